The predicted molar refractivity (Wildman–Crippen MR) is 74.8 cm³/mol. The van der Waals surface area contributed by atoms with E-state index in [1.165, 1.54) is 0 Å². The number of hydrogen-bond acceptors (Lipinski definition) is 5. The minimum Gasteiger partial charge on any atom is -0.480 e. The third kappa shape index (κ3) is 4.14. The topological polar surface area (TPSA) is 104 Å². The van der Waals surface area contributed by atoms with Gasteiger partial charge in [0.15, 0.2) is 0 Å². The van der Waals surface area contributed by atoms with Crippen LogP contribution in [0.15, 0.2) is 0 Å². The van der Waals surface area contributed by atoms with Crippen LogP contribution in [0.3, 0.4) is 0 Å². The quantitative estimate of drug-likeness (QED) is 0.664. The maximum Gasteiger partial charge on any atom is 0.324 e. The van der Waals surface area contributed by atoms with E-state index in [1.807, 2.05) is 0 Å². The van der Waals surface area contributed by atoms with E-state index in [9.17, 15) is 18.0 Å². The Morgan fingerprint density at radius 1 is 1.43 bits per heavy atom. The maximum absolute atomic E-state index is 12.6. The minimum atomic E-state index is -4.02. The summed E-state index contributed by atoms with van der Waals surface area (Å²) in [6.07, 6.45) is 0.929. The van der Waals surface area contributed by atoms with Crippen molar-refractivity contribution in [1.29, 1.82) is 0 Å². The number of nitrogens with zero attached hydrogens (tertiary/aromatic N) is 2. The van der Waals surface area contributed by atoms with E-state index >= 15 is 0 Å². The van der Waals surface area contributed by atoms with Crippen molar-refractivity contribution in [2.24, 2.45) is 0 Å². The Morgan fingerprint density at radius 3 is 2.52 bits per heavy atom. The summed E-state index contributed by atoms with van der Waals surface area (Å²) in [5.41, 5.74) is 0. The molecule has 0 spiro atoms. The van der Waals surface area contributed by atoms with Crippen LogP contribution >= 0.6 is 0 Å². The van der Waals surface area contributed by atoms with Gasteiger partial charge in [-0.25, -0.2) is 0 Å². The predicted octanol–water partition coefficient (Wildman–Crippen LogP) is 0.0537. The van der Waals surface area contributed by atoms with E-state index in [0.717, 1.165) is 8.61 Å². The Balaban J connectivity index is 3.03. The smallest absolute Gasteiger partial charge is 0.324 e. The summed E-state index contributed by atoms with van der Waals surface area (Å²) < 4.78 is 32.0. The number of aliphatic carboxylic acids is 1. The van der Waals surface area contributed by atoms with Crippen LogP contribution in [0.1, 0.15) is 33.6 Å². The van der Waals surface area contributed by atoms with Crippen molar-refractivity contribution in [2.75, 3.05) is 19.7 Å². The van der Waals surface area contributed by atoms with Crippen molar-refractivity contribution >= 4 is 22.1 Å². The van der Waals surface area contributed by atoms with Gasteiger partial charge in [0.2, 0.25) is 0 Å². The molecule has 0 aliphatic carbocycles. The van der Waals surface area contributed by atoms with Crippen LogP contribution in [0.2, 0.25) is 0 Å². The SMILES string of the molecule is CCOC(=O)C1CCCN1S(=O)(=O)N(CC(=O)O)C(C)C. The van der Waals surface area contributed by atoms with E-state index in [0.29, 0.717) is 12.8 Å². The first-order valence-corrected chi connectivity index (χ1v) is 8.28. The van der Waals surface area contributed by atoms with Gasteiger partial charge in [0.25, 0.3) is 10.2 Å². The van der Waals surface area contributed by atoms with Gasteiger partial charge in [0.05, 0.1) is 6.61 Å². The fourth-order valence-electron chi connectivity index (χ4n) is 2.29. The van der Waals surface area contributed by atoms with Crippen LogP contribution in [0.4, 0.5) is 0 Å². The van der Waals surface area contributed by atoms with Crippen LogP contribution in [0, 0.1) is 0 Å². The molecule has 1 unspecified atom stereocenters. The molecular formula is C12H22N2O6S. The van der Waals surface area contributed by atoms with Gasteiger partial charge in [-0.2, -0.15) is 17.0 Å². The molecule has 9 heteroatoms. The van der Waals surface area contributed by atoms with Crippen LogP contribution in [-0.4, -0.2) is 65.9 Å². The standard InChI is InChI=1S/C12H22N2O6S/c1-4-20-12(17)10-6-5-7-13(10)21(18,19)14(9(2)3)8-11(15)16/h9-10H,4-8H2,1-3H3,(H,15,16). The van der Waals surface area contributed by atoms with Crippen LogP contribution in [0.5, 0.6) is 0 Å². The minimum absolute atomic E-state index is 0.173. The Bertz CT molecular complexity index is 490. The molecule has 1 fully saturated rings. The molecule has 1 aliphatic heterocycles. The molecule has 0 radical (unpaired) electrons. The van der Waals surface area contributed by atoms with Gasteiger partial charge >= 0.3 is 11.9 Å². The fourth-order valence-corrected chi connectivity index (χ4v) is 4.24. The van der Waals surface area contributed by atoms with Gasteiger partial charge < -0.3 is 9.84 Å². The monoisotopic (exact) mass is 322 g/mol. The summed E-state index contributed by atoms with van der Waals surface area (Å²) in [5.74, 6) is -1.82. The van der Waals surface area contributed by atoms with Crippen molar-refractivity contribution in [1.82, 2.24) is 8.61 Å². The Kier molecular flexibility index (Phi) is 6.11. The molecule has 1 aliphatic rings. The number of rotatable bonds is 7. The molecule has 21 heavy (non-hydrogen) atoms. The maximum atomic E-state index is 12.6. The van der Waals surface area contributed by atoms with Crippen LogP contribution < -0.4 is 0 Å². The van der Waals surface area contributed by atoms with Crippen molar-refractivity contribution in [2.45, 2.75) is 45.7 Å². The molecular weight excluding hydrogens is 300 g/mol. The number of carboxylic acids is 1. The highest BCUT2D eigenvalue weighted by atomic mass is 32.2. The second kappa shape index (κ2) is 7.19. The van der Waals surface area contributed by atoms with Gasteiger partial charge in [-0.3, -0.25) is 9.59 Å². The molecule has 0 amide bonds. The molecule has 0 aromatic carbocycles. The third-order valence-corrected chi connectivity index (χ3v) is 5.40. The molecule has 0 aromatic rings. The average Bonchev–Trinajstić information content (AvgIpc) is 2.85. The van der Waals surface area contributed by atoms with Gasteiger partial charge in [-0.05, 0) is 33.6 Å². The average molecular weight is 322 g/mol. The second-order valence-corrected chi connectivity index (χ2v) is 6.89. The zero-order chi connectivity index (χ0) is 16.2. The Labute approximate surface area is 124 Å². The first kappa shape index (κ1) is 17.9. The summed E-state index contributed by atoms with van der Waals surface area (Å²) in [4.78, 5) is 22.7. The van der Waals surface area contributed by atoms with E-state index in [1.54, 1.807) is 20.8 Å². The molecule has 1 heterocycles. The van der Waals surface area contributed by atoms with E-state index < -0.39 is 40.8 Å². The summed E-state index contributed by atoms with van der Waals surface area (Å²) in [6.45, 7) is 4.56. The van der Waals surface area contributed by atoms with E-state index in [4.69, 9.17) is 9.84 Å². The molecule has 1 atom stereocenters. The van der Waals surface area contributed by atoms with Crippen molar-refractivity contribution in [3.8, 4) is 0 Å². The van der Waals surface area contributed by atoms with Crippen molar-refractivity contribution in [3.63, 3.8) is 0 Å². The lowest BCUT2D eigenvalue weighted by molar-refractivity contribution is -0.146. The van der Waals surface area contributed by atoms with Gasteiger partial charge in [0, 0.05) is 12.6 Å². The molecule has 1 N–H and O–H groups in total. The molecule has 0 aromatic heterocycles. The highest BCUT2D eigenvalue weighted by Crippen LogP contribution is 2.25. The zero-order valence-electron chi connectivity index (χ0n) is 12.5. The summed E-state index contributed by atoms with van der Waals surface area (Å²) in [5, 5.41) is 8.88. The van der Waals surface area contributed by atoms with Crippen LogP contribution in [-0.2, 0) is 24.5 Å². The zero-order valence-corrected chi connectivity index (χ0v) is 13.3. The van der Waals surface area contributed by atoms with E-state index in [-0.39, 0.29) is 13.2 Å². The summed E-state index contributed by atoms with van der Waals surface area (Å²) in [7, 11) is -4.02. The van der Waals surface area contributed by atoms with Gasteiger partial charge in [-0.1, -0.05) is 0 Å². The largest absolute Gasteiger partial charge is 0.480 e. The van der Waals surface area contributed by atoms with Gasteiger partial charge in [-0.15, -0.1) is 0 Å². The molecule has 8 nitrogen and oxygen atoms in total. The third-order valence-electron chi connectivity index (χ3n) is 3.22. The lowest BCUT2D eigenvalue weighted by Gasteiger charge is -2.31. The summed E-state index contributed by atoms with van der Waals surface area (Å²) in [6, 6.07) is -1.39. The van der Waals surface area contributed by atoms with Crippen molar-refractivity contribution in [3.05, 3.63) is 0 Å². The van der Waals surface area contributed by atoms with Crippen molar-refractivity contribution < 1.29 is 27.9 Å². The molecule has 0 saturated carbocycles. The second-order valence-electron chi connectivity index (χ2n) is 5.06. The van der Waals surface area contributed by atoms with Gasteiger partial charge in [0.1, 0.15) is 12.6 Å². The first-order valence-electron chi connectivity index (χ1n) is 6.88. The highest BCUT2D eigenvalue weighted by Gasteiger charge is 2.43. The number of carbonyl (C=O) groups excluding carboxylic acids is 1. The Morgan fingerprint density at radius 2 is 2.05 bits per heavy atom. The van der Waals surface area contributed by atoms with Crippen LogP contribution in [0.25, 0.3) is 0 Å². The number of carbonyl (C=O) groups is 2. The number of hydrogen-bond donors (Lipinski definition) is 1. The molecule has 0 bridgehead atoms. The van der Waals surface area contributed by atoms with E-state index in [2.05, 4.69) is 0 Å². The Hall–Kier alpha value is -1.19. The molecule has 1 saturated heterocycles. The molecule has 1 rings (SSSR count). The lowest BCUT2D eigenvalue weighted by atomic mass is 10.2. The number of carboxylic acid groups (broad SMARTS) is 1. The molecule has 122 valence electrons. The fraction of sp³-hybridized carbons (Fsp3) is 0.833. The number of ether oxygens (including phenoxy) is 1. The first-order chi connectivity index (χ1) is 9.71. The highest BCUT2D eigenvalue weighted by molar-refractivity contribution is 7.86. The normalized spacial score (nSPS) is 20.1. The lowest BCUT2D eigenvalue weighted by Crippen LogP contribution is -2.52. The summed E-state index contributed by atoms with van der Waals surface area (Å²) >= 11 is 0. The number of esters is 1.